The van der Waals surface area contributed by atoms with Gasteiger partial charge < -0.3 is 4.74 Å². The quantitative estimate of drug-likeness (QED) is 0.583. The van der Waals surface area contributed by atoms with Crippen LogP contribution in [0.3, 0.4) is 0 Å². The summed E-state index contributed by atoms with van der Waals surface area (Å²) in [6, 6.07) is -0.0745. The van der Waals surface area contributed by atoms with Crippen LogP contribution in [0.25, 0.3) is 0 Å². The Bertz CT molecular complexity index is 295. The number of methoxy groups -OCH3 is 1. The predicted molar refractivity (Wildman–Crippen MR) is 72.9 cm³/mol. The van der Waals surface area contributed by atoms with Gasteiger partial charge in [0.25, 0.3) is 0 Å². The Kier molecular flexibility index (Phi) is 6.28. The maximum absolute atomic E-state index is 12.8. The minimum absolute atomic E-state index is 0.00645. The summed E-state index contributed by atoms with van der Waals surface area (Å²) in [7, 11) is 1.64. The van der Waals surface area contributed by atoms with E-state index in [2.05, 4.69) is 5.43 Å². The topological polar surface area (TPSA) is 47.3 Å². The van der Waals surface area contributed by atoms with E-state index in [9.17, 15) is 13.2 Å². The van der Waals surface area contributed by atoms with Gasteiger partial charge in [-0.1, -0.05) is 6.42 Å². The molecular formula is C14H27F3N2O. The van der Waals surface area contributed by atoms with Crippen molar-refractivity contribution in [1.82, 2.24) is 5.43 Å². The van der Waals surface area contributed by atoms with E-state index in [4.69, 9.17) is 10.6 Å². The summed E-state index contributed by atoms with van der Waals surface area (Å²) in [6.07, 6.45) is -0.704. The molecule has 0 saturated heterocycles. The van der Waals surface area contributed by atoms with Crippen molar-refractivity contribution in [3.8, 4) is 0 Å². The van der Waals surface area contributed by atoms with Gasteiger partial charge in [-0.15, -0.1) is 0 Å². The van der Waals surface area contributed by atoms with Gasteiger partial charge in [-0.25, -0.2) is 0 Å². The SMILES string of the molecule is COC(C)(C)CCC(NN)C1CCCC(C(F)(F)F)C1. The van der Waals surface area contributed by atoms with Gasteiger partial charge in [0.1, 0.15) is 0 Å². The highest BCUT2D eigenvalue weighted by Crippen LogP contribution is 2.41. The predicted octanol–water partition coefficient (Wildman–Crippen LogP) is 3.39. The van der Waals surface area contributed by atoms with Crippen molar-refractivity contribution >= 4 is 0 Å². The number of nitrogens with two attached hydrogens (primary N) is 1. The molecular weight excluding hydrogens is 269 g/mol. The molecule has 0 aliphatic heterocycles. The molecule has 0 aromatic rings. The van der Waals surface area contributed by atoms with Crippen LogP contribution < -0.4 is 11.3 Å². The van der Waals surface area contributed by atoms with Crippen molar-refractivity contribution < 1.29 is 17.9 Å². The van der Waals surface area contributed by atoms with E-state index < -0.39 is 12.1 Å². The summed E-state index contributed by atoms with van der Waals surface area (Å²) < 4.78 is 43.9. The Hall–Kier alpha value is -0.330. The van der Waals surface area contributed by atoms with E-state index in [1.807, 2.05) is 13.8 Å². The van der Waals surface area contributed by atoms with E-state index in [0.717, 1.165) is 19.3 Å². The van der Waals surface area contributed by atoms with E-state index in [0.29, 0.717) is 6.42 Å². The number of ether oxygens (including phenoxy) is 1. The first-order valence-corrected chi connectivity index (χ1v) is 7.27. The van der Waals surface area contributed by atoms with Crippen molar-refractivity contribution in [1.29, 1.82) is 0 Å². The average molecular weight is 296 g/mol. The molecule has 20 heavy (non-hydrogen) atoms. The van der Waals surface area contributed by atoms with Crippen LogP contribution in [0.4, 0.5) is 13.2 Å². The van der Waals surface area contributed by atoms with Crippen LogP contribution in [-0.2, 0) is 4.74 Å². The maximum Gasteiger partial charge on any atom is 0.391 e. The summed E-state index contributed by atoms with van der Waals surface area (Å²) in [6.45, 7) is 3.94. The Morgan fingerprint density at radius 2 is 1.95 bits per heavy atom. The van der Waals surface area contributed by atoms with Crippen LogP contribution in [0, 0.1) is 11.8 Å². The number of hydrogen-bond donors (Lipinski definition) is 2. The van der Waals surface area contributed by atoms with Crippen LogP contribution in [-0.4, -0.2) is 24.9 Å². The Labute approximate surface area is 119 Å². The lowest BCUT2D eigenvalue weighted by molar-refractivity contribution is -0.186. The molecule has 3 N–H and O–H groups in total. The second-order valence-corrected chi connectivity index (χ2v) is 6.44. The van der Waals surface area contributed by atoms with Crippen molar-refractivity contribution in [2.24, 2.45) is 17.7 Å². The normalized spacial score (nSPS) is 26.6. The minimum atomic E-state index is -4.08. The first-order valence-electron chi connectivity index (χ1n) is 7.27. The van der Waals surface area contributed by atoms with Crippen LogP contribution in [0.5, 0.6) is 0 Å². The van der Waals surface area contributed by atoms with Crippen molar-refractivity contribution in [2.75, 3.05) is 7.11 Å². The molecule has 6 heteroatoms. The molecule has 0 radical (unpaired) electrons. The molecule has 0 spiro atoms. The first-order chi connectivity index (χ1) is 9.19. The molecule has 3 atom stereocenters. The van der Waals surface area contributed by atoms with Crippen LogP contribution in [0.15, 0.2) is 0 Å². The molecule has 0 amide bonds. The van der Waals surface area contributed by atoms with E-state index in [1.165, 1.54) is 0 Å². The van der Waals surface area contributed by atoms with Crippen molar-refractivity contribution in [2.45, 2.75) is 70.2 Å². The molecule has 0 heterocycles. The fourth-order valence-electron chi connectivity index (χ4n) is 2.95. The number of hydrazine groups is 1. The number of halogens is 3. The van der Waals surface area contributed by atoms with Gasteiger partial charge >= 0.3 is 6.18 Å². The minimum Gasteiger partial charge on any atom is -0.379 e. The summed E-state index contributed by atoms with van der Waals surface area (Å²) in [5.41, 5.74) is 2.45. The zero-order valence-corrected chi connectivity index (χ0v) is 12.6. The van der Waals surface area contributed by atoms with E-state index in [1.54, 1.807) is 7.11 Å². The monoisotopic (exact) mass is 296 g/mol. The first kappa shape index (κ1) is 17.7. The van der Waals surface area contributed by atoms with Crippen molar-refractivity contribution in [3.05, 3.63) is 0 Å². The largest absolute Gasteiger partial charge is 0.391 e. The van der Waals surface area contributed by atoms with Gasteiger partial charge in [0.15, 0.2) is 0 Å². The van der Waals surface area contributed by atoms with Crippen LogP contribution in [0.1, 0.15) is 52.4 Å². The summed E-state index contributed by atoms with van der Waals surface area (Å²) in [5.74, 6) is 4.38. The molecule has 3 unspecified atom stereocenters. The summed E-state index contributed by atoms with van der Waals surface area (Å²) in [4.78, 5) is 0. The highest BCUT2D eigenvalue weighted by molar-refractivity contribution is 4.85. The Balaban J connectivity index is 2.56. The van der Waals surface area contributed by atoms with Gasteiger partial charge in [-0.2, -0.15) is 13.2 Å². The van der Waals surface area contributed by atoms with Gasteiger partial charge in [-0.05, 0) is 51.9 Å². The standard InChI is InChI=1S/C14H27F3N2O/c1-13(2,20-3)8-7-12(19-18)10-5-4-6-11(9-10)14(15,16)17/h10-12,19H,4-9,18H2,1-3H3. The maximum atomic E-state index is 12.8. The third kappa shape index (κ3) is 5.22. The summed E-state index contributed by atoms with van der Waals surface area (Å²) >= 11 is 0. The Morgan fingerprint density at radius 3 is 2.45 bits per heavy atom. The molecule has 1 aliphatic carbocycles. The molecule has 3 nitrogen and oxygen atoms in total. The summed E-state index contributed by atoms with van der Waals surface area (Å²) in [5, 5.41) is 0. The molecule has 0 bridgehead atoms. The highest BCUT2D eigenvalue weighted by atomic mass is 19.4. The van der Waals surface area contributed by atoms with Gasteiger partial charge in [0.2, 0.25) is 0 Å². The molecule has 1 fully saturated rings. The number of alkyl halides is 3. The molecule has 1 saturated carbocycles. The third-order valence-electron chi connectivity index (χ3n) is 4.57. The molecule has 1 aliphatic rings. The fraction of sp³-hybridized carbons (Fsp3) is 1.00. The molecule has 1 rings (SSSR count). The second kappa shape index (κ2) is 7.09. The zero-order chi connectivity index (χ0) is 15.4. The van der Waals surface area contributed by atoms with Crippen LogP contribution in [0.2, 0.25) is 0 Å². The van der Waals surface area contributed by atoms with Crippen molar-refractivity contribution in [3.63, 3.8) is 0 Å². The third-order valence-corrected chi connectivity index (χ3v) is 4.57. The number of rotatable bonds is 6. The fourth-order valence-corrected chi connectivity index (χ4v) is 2.95. The zero-order valence-electron chi connectivity index (χ0n) is 12.6. The molecule has 0 aromatic heterocycles. The van der Waals surface area contributed by atoms with E-state index in [-0.39, 0.29) is 30.4 Å². The number of hydrogen-bond acceptors (Lipinski definition) is 3. The molecule has 0 aromatic carbocycles. The smallest absolute Gasteiger partial charge is 0.379 e. The van der Waals surface area contributed by atoms with Gasteiger partial charge in [-0.3, -0.25) is 11.3 Å². The highest BCUT2D eigenvalue weighted by Gasteiger charge is 2.43. The van der Waals surface area contributed by atoms with Crippen LogP contribution >= 0.6 is 0 Å². The van der Waals surface area contributed by atoms with E-state index >= 15 is 0 Å². The lowest BCUT2D eigenvalue weighted by Crippen LogP contribution is -2.45. The molecule has 120 valence electrons. The second-order valence-electron chi connectivity index (χ2n) is 6.44. The van der Waals surface area contributed by atoms with Gasteiger partial charge in [0, 0.05) is 13.2 Å². The van der Waals surface area contributed by atoms with Gasteiger partial charge in [0.05, 0.1) is 11.5 Å². The Morgan fingerprint density at radius 1 is 1.30 bits per heavy atom. The number of nitrogens with one attached hydrogen (secondary N) is 1. The lowest BCUT2D eigenvalue weighted by Gasteiger charge is -2.36. The lowest BCUT2D eigenvalue weighted by atomic mass is 9.76. The average Bonchev–Trinajstić information content (AvgIpc) is 2.39.